The first-order chi connectivity index (χ1) is 9.60. The van der Waals surface area contributed by atoms with Gasteiger partial charge in [0, 0.05) is 12.1 Å². The van der Waals surface area contributed by atoms with Crippen LogP contribution in [-0.2, 0) is 0 Å². The Balaban J connectivity index is 1.66. The molecule has 2 rings (SSSR count). The topological polar surface area (TPSA) is 6.48 Å². The molecule has 0 aliphatic carbocycles. The maximum absolute atomic E-state index is 2.71. The Morgan fingerprint density at radius 3 is 1.65 bits per heavy atom. The Morgan fingerprint density at radius 1 is 0.800 bits per heavy atom. The van der Waals surface area contributed by atoms with Gasteiger partial charge in [0.2, 0.25) is 0 Å². The Labute approximate surface area is 126 Å². The molecule has 1 unspecified atom stereocenters. The Kier molecular flexibility index (Phi) is 6.35. The number of piperidine rings is 2. The standard InChI is InChI=1S/C18H36N2/c1-5-16(4)20-12-8-18(9-13-20)14-17-6-10-19(11-7-17)15(2)3/h15-18H,5-14H2,1-4H3. The van der Waals surface area contributed by atoms with E-state index in [9.17, 15) is 0 Å². The zero-order valence-corrected chi connectivity index (χ0v) is 14.3. The fourth-order valence-electron chi connectivity index (χ4n) is 4.06. The second kappa shape index (κ2) is 7.79. The van der Waals surface area contributed by atoms with Crippen LogP contribution in [0.25, 0.3) is 0 Å². The van der Waals surface area contributed by atoms with Crippen molar-refractivity contribution in [2.24, 2.45) is 11.8 Å². The predicted molar refractivity (Wildman–Crippen MR) is 88.1 cm³/mol. The molecule has 0 bridgehead atoms. The summed E-state index contributed by atoms with van der Waals surface area (Å²) in [7, 11) is 0. The maximum Gasteiger partial charge on any atom is 0.00643 e. The molecule has 0 aromatic carbocycles. The van der Waals surface area contributed by atoms with Gasteiger partial charge in [-0.1, -0.05) is 6.92 Å². The van der Waals surface area contributed by atoms with E-state index in [1.54, 1.807) is 0 Å². The van der Waals surface area contributed by atoms with Gasteiger partial charge in [-0.15, -0.1) is 0 Å². The van der Waals surface area contributed by atoms with Gasteiger partial charge in [-0.3, -0.25) is 0 Å². The number of nitrogens with zero attached hydrogens (tertiary/aromatic N) is 2. The van der Waals surface area contributed by atoms with Gasteiger partial charge >= 0.3 is 0 Å². The molecule has 0 saturated carbocycles. The zero-order chi connectivity index (χ0) is 14.5. The summed E-state index contributed by atoms with van der Waals surface area (Å²) in [6, 6.07) is 1.54. The highest BCUT2D eigenvalue weighted by Gasteiger charge is 2.26. The average Bonchev–Trinajstić information content (AvgIpc) is 2.48. The van der Waals surface area contributed by atoms with Crippen molar-refractivity contribution < 1.29 is 0 Å². The minimum atomic E-state index is 0.745. The normalized spacial score (nSPS) is 26.2. The first-order valence-electron chi connectivity index (χ1n) is 9.08. The Morgan fingerprint density at radius 2 is 1.25 bits per heavy atom. The molecule has 0 radical (unpaired) electrons. The molecule has 0 amide bonds. The third-order valence-corrected chi connectivity index (χ3v) is 5.91. The largest absolute Gasteiger partial charge is 0.301 e. The van der Waals surface area contributed by atoms with E-state index in [0.717, 1.165) is 23.9 Å². The third kappa shape index (κ3) is 4.46. The van der Waals surface area contributed by atoms with Crippen molar-refractivity contribution in [1.29, 1.82) is 0 Å². The van der Waals surface area contributed by atoms with Gasteiger partial charge in [-0.05, 0) is 97.3 Å². The van der Waals surface area contributed by atoms with Crippen molar-refractivity contribution in [2.75, 3.05) is 26.2 Å². The fourth-order valence-corrected chi connectivity index (χ4v) is 4.06. The first-order valence-corrected chi connectivity index (χ1v) is 9.08. The van der Waals surface area contributed by atoms with E-state index in [2.05, 4.69) is 37.5 Å². The molecule has 0 spiro atoms. The molecule has 0 N–H and O–H groups in total. The van der Waals surface area contributed by atoms with Crippen LogP contribution in [0.1, 0.15) is 66.2 Å². The van der Waals surface area contributed by atoms with Crippen LogP contribution in [0, 0.1) is 11.8 Å². The van der Waals surface area contributed by atoms with E-state index in [4.69, 9.17) is 0 Å². The number of rotatable bonds is 5. The molecule has 118 valence electrons. The van der Waals surface area contributed by atoms with Crippen molar-refractivity contribution in [3.05, 3.63) is 0 Å². The maximum atomic E-state index is 2.71. The molecular formula is C18H36N2. The second-order valence-corrected chi connectivity index (χ2v) is 7.55. The van der Waals surface area contributed by atoms with Gasteiger partial charge in [0.25, 0.3) is 0 Å². The van der Waals surface area contributed by atoms with Gasteiger partial charge < -0.3 is 9.80 Å². The van der Waals surface area contributed by atoms with Crippen LogP contribution in [0.2, 0.25) is 0 Å². The van der Waals surface area contributed by atoms with Crippen LogP contribution in [-0.4, -0.2) is 48.1 Å². The molecule has 2 aliphatic rings. The van der Waals surface area contributed by atoms with Crippen molar-refractivity contribution in [2.45, 2.75) is 78.3 Å². The van der Waals surface area contributed by atoms with E-state index < -0.39 is 0 Å². The SMILES string of the molecule is CCC(C)N1CCC(CC2CCN(C(C)C)CC2)CC1. The highest BCUT2D eigenvalue weighted by molar-refractivity contribution is 4.80. The number of hydrogen-bond donors (Lipinski definition) is 0. The summed E-state index contributed by atoms with van der Waals surface area (Å²) in [5, 5.41) is 0. The second-order valence-electron chi connectivity index (χ2n) is 7.55. The van der Waals surface area contributed by atoms with Crippen molar-refractivity contribution in [1.82, 2.24) is 9.80 Å². The average molecular weight is 281 g/mol. The molecule has 1 atom stereocenters. The lowest BCUT2D eigenvalue weighted by atomic mass is 9.82. The van der Waals surface area contributed by atoms with Gasteiger partial charge in [0.15, 0.2) is 0 Å². The minimum Gasteiger partial charge on any atom is -0.301 e. The zero-order valence-electron chi connectivity index (χ0n) is 14.3. The molecule has 2 heteroatoms. The summed E-state index contributed by atoms with van der Waals surface area (Å²) in [6.07, 6.45) is 8.62. The van der Waals surface area contributed by atoms with Gasteiger partial charge in [-0.2, -0.15) is 0 Å². The molecule has 0 aromatic rings. The number of likely N-dealkylation sites (tertiary alicyclic amines) is 2. The molecule has 20 heavy (non-hydrogen) atoms. The highest BCUT2D eigenvalue weighted by atomic mass is 15.2. The minimum absolute atomic E-state index is 0.745. The quantitative estimate of drug-likeness (QED) is 0.751. The lowest BCUT2D eigenvalue weighted by molar-refractivity contribution is 0.103. The van der Waals surface area contributed by atoms with Crippen molar-refractivity contribution in [3.8, 4) is 0 Å². The van der Waals surface area contributed by atoms with Crippen LogP contribution >= 0.6 is 0 Å². The van der Waals surface area contributed by atoms with E-state index >= 15 is 0 Å². The van der Waals surface area contributed by atoms with Crippen LogP contribution < -0.4 is 0 Å². The molecule has 2 saturated heterocycles. The Bertz CT molecular complexity index is 261. The monoisotopic (exact) mass is 280 g/mol. The van der Waals surface area contributed by atoms with E-state index in [-0.39, 0.29) is 0 Å². The lowest BCUT2D eigenvalue weighted by Gasteiger charge is -2.39. The summed E-state index contributed by atoms with van der Waals surface area (Å²) < 4.78 is 0. The van der Waals surface area contributed by atoms with E-state index in [0.29, 0.717) is 0 Å². The molecule has 2 heterocycles. The fraction of sp³-hybridized carbons (Fsp3) is 1.00. The highest BCUT2D eigenvalue weighted by Crippen LogP contribution is 2.31. The van der Waals surface area contributed by atoms with E-state index in [1.165, 1.54) is 64.7 Å². The van der Waals surface area contributed by atoms with Gasteiger partial charge in [0.1, 0.15) is 0 Å². The third-order valence-electron chi connectivity index (χ3n) is 5.91. The molecule has 2 aliphatic heterocycles. The Hall–Kier alpha value is -0.0800. The van der Waals surface area contributed by atoms with E-state index in [1.807, 2.05) is 0 Å². The molecular weight excluding hydrogens is 244 g/mol. The summed E-state index contributed by atoms with van der Waals surface area (Å²) >= 11 is 0. The first kappa shape index (κ1) is 16.3. The molecule has 0 aromatic heterocycles. The molecule has 2 fully saturated rings. The van der Waals surface area contributed by atoms with Crippen LogP contribution in [0.3, 0.4) is 0 Å². The lowest BCUT2D eigenvalue weighted by Crippen LogP contribution is -2.41. The summed E-state index contributed by atoms with van der Waals surface area (Å²) in [4.78, 5) is 5.36. The molecule has 2 nitrogen and oxygen atoms in total. The smallest absolute Gasteiger partial charge is 0.00643 e. The van der Waals surface area contributed by atoms with Gasteiger partial charge in [-0.25, -0.2) is 0 Å². The summed E-state index contributed by atoms with van der Waals surface area (Å²) in [6.45, 7) is 14.8. The van der Waals surface area contributed by atoms with Crippen LogP contribution in [0.5, 0.6) is 0 Å². The summed E-state index contributed by atoms with van der Waals surface area (Å²) in [5.41, 5.74) is 0. The van der Waals surface area contributed by atoms with Crippen molar-refractivity contribution in [3.63, 3.8) is 0 Å². The van der Waals surface area contributed by atoms with Crippen LogP contribution in [0.15, 0.2) is 0 Å². The number of hydrogen-bond acceptors (Lipinski definition) is 2. The summed E-state index contributed by atoms with van der Waals surface area (Å²) in [5.74, 6) is 2.04. The van der Waals surface area contributed by atoms with Crippen LogP contribution in [0.4, 0.5) is 0 Å². The predicted octanol–water partition coefficient (Wildman–Crippen LogP) is 4.01. The van der Waals surface area contributed by atoms with Gasteiger partial charge in [0.05, 0.1) is 0 Å². The van der Waals surface area contributed by atoms with Crippen molar-refractivity contribution >= 4 is 0 Å².